The SMILES string of the molecule is c1cc(NC2CCC3(CCCC3)CC2)c2ccncc2c1. The molecule has 2 aromatic rings. The molecule has 1 spiro atoms. The molecule has 1 aromatic heterocycles. The van der Waals surface area contributed by atoms with Crippen molar-refractivity contribution >= 4 is 16.5 Å². The number of hydrogen-bond acceptors (Lipinski definition) is 2. The Morgan fingerprint density at radius 3 is 2.62 bits per heavy atom. The molecule has 21 heavy (non-hydrogen) atoms. The average Bonchev–Trinajstić information content (AvgIpc) is 2.99. The minimum Gasteiger partial charge on any atom is -0.382 e. The Balaban J connectivity index is 1.49. The summed E-state index contributed by atoms with van der Waals surface area (Å²) in [5.41, 5.74) is 2.00. The molecule has 2 aliphatic rings. The van der Waals surface area contributed by atoms with Crippen LogP contribution in [0.5, 0.6) is 0 Å². The Morgan fingerprint density at radius 2 is 1.81 bits per heavy atom. The van der Waals surface area contributed by atoms with Crippen molar-refractivity contribution in [1.82, 2.24) is 4.98 Å². The molecule has 2 heteroatoms. The molecule has 0 atom stereocenters. The summed E-state index contributed by atoms with van der Waals surface area (Å²) in [5.74, 6) is 0. The smallest absolute Gasteiger partial charge is 0.0423 e. The van der Waals surface area contributed by atoms with Crippen molar-refractivity contribution in [3.63, 3.8) is 0 Å². The first-order chi connectivity index (χ1) is 10.3. The highest BCUT2D eigenvalue weighted by molar-refractivity contribution is 5.93. The van der Waals surface area contributed by atoms with Crippen molar-refractivity contribution in [1.29, 1.82) is 0 Å². The normalized spacial score (nSPS) is 21.9. The first-order valence-electron chi connectivity index (χ1n) is 8.44. The van der Waals surface area contributed by atoms with Crippen molar-refractivity contribution < 1.29 is 0 Å². The van der Waals surface area contributed by atoms with E-state index in [-0.39, 0.29) is 0 Å². The lowest BCUT2D eigenvalue weighted by molar-refractivity contribution is 0.188. The topological polar surface area (TPSA) is 24.9 Å². The van der Waals surface area contributed by atoms with Crippen molar-refractivity contribution in [2.24, 2.45) is 5.41 Å². The van der Waals surface area contributed by atoms with E-state index in [2.05, 4.69) is 34.6 Å². The Kier molecular flexibility index (Phi) is 3.33. The van der Waals surface area contributed by atoms with Crippen molar-refractivity contribution in [3.05, 3.63) is 36.7 Å². The number of nitrogens with one attached hydrogen (secondary N) is 1. The molecule has 0 amide bonds. The first-order valence-corrected chi connectivity index (χ1v) is 8.44. The molecule has 1 aromatic carbocycles. The Bertz CT molecular complexity index is 613. The summed E-state index contributed by atoms with van der Waals surface area (Å²) in [6.07, 6.45) is 15.3. The van der Waals surface area contributed by atoms with Gasteiger partial charge in [-0.3, -0.25) is 4.98 Å². The van der Waals surface area contributed by atoms with Crippen molar-refractivity contribution in [3.8, 4) is 0 Å². The van der Waals surface area contributed by atoms with Crippen molar-refractivity contribution in [2.75, 3.05) is 5.32 Å². The molecule has 0 radical (unpaired) electrons. The van der Waals surface area contributed by atoms with Gasteiger partial charge < -0.3 is 5.32 Å². The van der Waals surface area contributed by atoms with Gasteiger partial charge in [0.25, 0.3) is 0 Å². The zero-order chi connectivity index (χ0) is 14.1. The summed E-state index contributed by atoms with van der Waals surface area (Å²) in [4.78, 5) is 4.22. The van der Waals surface area contributed by atoms with E-state index in [0.717, 1.165) is 5.41 Å². The lowest BCUT2D eigenvalue weighted by Crippen LogP contribution is -2.31. The van der Waals surface area contributed by atoms with E-state index in [1.807, 2.05) is 12.4 Å². The minimum absolute atomic E-state index is 0.648. The van der Waals surface area contributed by atoms with Gasteiger partial charge in [-0.1, -0.05) is 25.0 Å². The van der Waals surface area contributed by atoms with Crippen LogP contribution in [0.25, 0.3) is 10.8 Å². The van der Waals surface area contributed by atoms with Crippen LogP contribution >= 0.6 is 0 Å². The second-order valence-electron chi connectivity index (χ2n) is 7.03. The predicted octanol–water partition coefficient (Wildman–Crippen LogP) is 5.15. The summed E-state index contributed by atoms with van der Waals surface area (Å²) in [6, 6.07) is 9.26. The van der Waals surface area contributed by atoms with Crippen LogP contribution in [0.15, 0.2) is 36.7 Å². The van der Waals surface area contributed by atoms with Crippen LogP contribution in [0.2, 0.25) is 0 Å². The molecule has 0 unspecified atom stereocenters. The van der Waals surface area contributed by atoms with E-state index < -0.39 is 0 Å². The molecular weight excluding hydrogens is 256 g/mol. The fourth-order valence-electron chi connectivity index (χ4n) is 4.47. The highest BCUT2D eigenvalue weighted by atomic mass is 14.9. The van der Waals surface area contributed by atoms with E-state index in [9.17, 15) is 0 Å². The molecule has 0 saturated heterocycles. The van der Waals surface area contributed by atoms with Crippen LogP contribution < -0.4 is 5.32 Å². The van der Waals surface area contributed by atoms with Gasteiger partial charge >= 0.3 is 0 Å². The fraction of sp³-hybridized carbons (Fsp3) is 0.526. The van der Waals surface area contributed by atoms with Gasteiger partial charge in [0.2, 0.25) is 0 Å². The van der Waals surface area contributed by atoms with Gasteiger partial charge in [0.1, 0.15) is 0 Å². The molecule has 0 bridgehead atoms. The Labute approximate surface area is 127 Å². The number of rotatable bonds is 2. The molecule has 1 heterocycles. The van der Waals surface area contributed by atoms with Crippen LogP contribution in [0.4, 0.5) is 5.69 Å². The molecule has 2 fully saturated rings. The number of fused-ring (bicyclic) bond motifs is 1. The van der Waals surface area contributed by atoms with Gasteiger partial charge in [0.15, 0.2) is 0 Å². The summed E-state index contributed by atoms with van der Waals surface area (Å²) in [6.45, 7) is 0. The van der Waals surface area contributed by atoms with E-state index in [0.29, 0.717) is 6.04 Å². The predicted molar refractivity (Wildman–Crippen MR) is 88.5 cm³/mol. The zero-order valence-electron chi connectivity index (χ0n) is 12.6. The molecular formula is C19H24N2. The summed E-state index contributed by atoms with van der Waals surface area (Å²) in [7, 11) is 0. The molecule has 0 aliphatic heterocycles. The van der Waals surface area contributed by atoms with E-state index in [1.165, 1.54) is 67.8 Å². The molecule has 2 saturated carbocycles. The van der Waals surface area contributed by atoms with Crippen LogP contribution in [0, 0.1) is 5.41 Å². The fourth-order valence-corrected chi connectivity index (χ4v) is 4.47. The molecule has 110 valence electrons. The second kappa shape index (κ2) is 5.32. The van der Waals surface area contributed by atoms with Crippen LogP contribution in [-0.2, 0) is 0 Å². The second-order valence-corrected chi connectivity index (χ2v) is 7.03. The summed E-state index contributed by atoms with van der Waals surface area (Å²) in [5, 5.41) is 6.33. The van der Waals surface area contributed by atoms with E-state index in [1.54, 1.807) is 0 Å². The largest absolute Gasteiger partial charge is 0.382 e. The van der Waals surface area contributed by atoms with Crippen LogP contribution in [0.1, 0.15) is 51.4 Å². The first kappa shape index (κ1) is 13.1. The van der Waals surface area contributed by atoms with Crippen LogP contribution in [-0.4, -0.2) is 11.0 Å². The molecule has 2 aliphatic carbocycles. The zero-order valence-corrected chi connectivity index (χ0v) is 12.6. The third-order valence-corrected chi connectivity index (χ3v) is 5.75. The van der Waals surface area contributed by atoms with Crippen LogP contribution in [0.3, 0.4) is 0 Å². The average molecular weight is 280 g/mol. The number of aromatic nitrogens is 1. The third-order valence-electron chi connectivity index (χ3n) is 5.75. The standard InChI is InChI=1S/C19H24N2/c1-2-10-19(9-1)11-6-16(7-12-19)21-18-5-3-4-15-14-20-13-8-17(15)18/h3-5,8,13-14,16,21H,1-2,6-7,9-12H2. The summed E-state index contributed by atoms with van der Waals surface area (Å²) >= 11 is 0. The minimum atomic E-state index is 0.648. The molecule has 4 rings (SSSR count). The quantitative estimate of drug-likeness (QED) is 0.823. The number of pyridine rings is 1. The van der Waals surface area contributed by atoms with E-state index in [4.69, 9.17) is 0 Å². The van der Waals surface area contributed by atoms with E-state index >= 15 is 0 Å². The van der Waals surface area contributed by atoms with Gasteiger partial charge in [-0.2, -0.15) is 0 Å². The number of nitrogens with zero attached hydrogens (tertiary/aromatic N) is 1. The third kappa shape index (κ3) is 2.52. The highest BCUT2D eigenvalue weighted by Gasteiger charge is 2.37. The number of benzene rings is 1. The van der Waals surface area contributed by atoms with Gasteiger partial charge in [-0.25, -0.2) is 0 Å². The highest BCUT2D eigenvalue weighted by Crippen LogP contribution is 2.49. The lowest BCUT2D eigenvalue weighted by atomic mass is 9.71. The maximum atomic E-state index is 4.22. The Morgan fingerprint density at radius 1 is 1.00 bits per heavy atom. The monoisotopic (exact) mass is 280 g/mol. The summed E-state index contributed by atoms with van der Waals surface area (Å²) < 4.78 is 0. The molecule has 1 N–H and O–H groups in total. The maximum Gasteiger partial charge on any atom is 0.0423 e. The Hall–Kier alpha value is -1.57. The van der Waals surface area contributed by atoms with Gasteiger partial charge in [0, 0.05) is 34.9 Å². The molecule has 2 nitrogen and oxygen atoms in total. The lowest BCUT2D eigenvalue weighted by Gasteiger charge is -2.38. The van der Waals surface area contributed by atoms with Gasteiger partial charge in [0.05, 0.1) is 0 Å². The number of hydrogen-bond donors (Lipinski definition) is 1. The van der Waals surface area contributed by atoms with Crippen molar-refractivity contribution in [2.45, 2.75) is 57.4 Å². The van der Waals surface area contributed by atoms with Gasteiger partial charge in [-0.05, 0) is 56.1 Å². The number of anilines is 1. The maximum absolute atomic E-state index is 4.22. The van der Waals surface area contributed by atoms with Gasteiger partial charge in [-0.15, -0.1) is 0 Å².